The number of likely N-dealkylation sites (N-methyl/N-ethyl adjacent to an activating group) is 1. The van der Waals surface area contributed by atoms with Gasteiger partial charge in [-0.25, -0.2) is 0 Å². The van der Waals surface area contributed by atoms with Gasteiger partial charge in [-0.2, -0.15) is 0 Å². The third-order valence-electron chi connectivity index (χ3n) is 2.12. The molecule has 0 aromatic heterocycles. The van der Waals surface area contributed by atoms with Crippen molar-refractivity contribution in [2.45, 2.75) is 26.4 Å². The van der Waals surface area contributed by atoms with E-state index in [0.29, 0.717) is 6.61 Å². The summed E-state index contributed by atoms with van der Waals surface area (Å²) in [6, 6.07) is 0. The Balaban J connectivity index is 3.74. The van der Waals surface area contributed by atoms with Gasteiger partial charge in [-0.15, -0.1) is 0 Å². The number of carbonyl (C=O) groups is 1. The lowest BCUT2D eigenvalue weighted by Gasteiger charge is -2.10. The van der Waals surface area contributed by atoms with Gasteiger partial charge in [0.15, 0.2) is 0 Å². The number of allylic oxidation sites excluding steroid dienone is 1. The summed E-state index contributed by atoms with van der Waals surface area (Å²) in [5.74, 6) is 0.633. The van der Waals surface area contributed by atoms with Crippen LogP contribution in [0.25, 0.3) is 0 Å². The minimum atomic E-state index is -0.177. The van der Waals surface area contributed by atoms with Gasteiger partial charge in [0.25, 0.3) is 0 Å². The Labute approximate surface area is 109 Å². The van der Waals surface area contributed by atoms with Crippen LogP contribution in [0.2, 0.25) is 0 Å². The van der Waals surface area contributed by atoms with Crippen molar-refractivity contribution in [3.05, 3.63) is 24.0 Å². The van der Waals surface area contributed by atoms with Crippen molar-refractivity contribution in [3.8, 4) is 0 Å². The van der Waals surface area contributed by atoms with E-state index in [2.05, 4.69) is 5.32 Å². The Hall–Kier alpha value is -1.33. The first-order chi connectivity index (χ1) is 8.63. The van der Waals surface area contributed by atoms with Gasteiger partial charge < -0.3 is 19.5 Å². The van der Waals surface area contributed by atoms with E-state index < -0.39 is 0 Å². The Kier molecular flexibility index (Phi) is 10.0. The summed E-state index contributed by atoms with van der Waals surface area (Å²) >= 11 is 0. The largest absolute Gasteiger partial charge is 0.499 e. The lowest BCUT2D eigenvalue weighted by molar-refractivity contribution is -0.116. The summed E-state index contributed by atoms with van der Waals surface area (Å²) in [6.07, 6.45) is 5.78. The Bertz CT molecular complexity index is 287. The fraction of sp³-hybridized carbons (Fsp3) is 0.615. The van der Waals surface area contributed by atoms with Gasteiger partial charge in [0.05, 0.1) is 13.2 Å². The van der Waals surface area contributed by atoms with Gasteiger partial charge in [0, 0.05) is 13.1 Å². The summed E-state index contributed by atoms with van der Waals surface area (Å²) in [7, 11) is 3.19. The maximum Gasteiger partial charge on any atom is 0.243 e. The smallest absolute Gasteiger partial charge is 0.243 e. The van der Waals surface area contributed by atoms with Crippen LogP contribution in [-0.2, 0) is 19.0 Å². The van der Waals surface area contributed by atoms with Crippen LogP contribution in [0.1, 0.15) is 20.3 Å². The molecule has 0 heterocycles. The van der Waals surface area contributed by atoms with Crippen LogP contribution >= 0.6 is 0 Å². The summed E-state index contributed by atoms with van der Waals surface area (Å²) < 4.78 is 15.7. The van der Waals surface area contributed by atoms with Crippen LogP contribution in [0.3, 0.4) is 0 Å². The molecule has 5 nitrogen and oxygen atoms in total. The Morgan fingerprint density at radius 1 is 1.44 bits per heavy atom. The average molecular weight is 257 g/mol. The summed E-state index contributed by atoms with van der Waals surface area (Å²) in [6.45, 7) is 4.41. The lowest BCUT2D eigenvalue weighted by atomic mass is 10.3. The molecule has 1 unspecified atom stereocenters. The van der Waals surface area contributed by atoms with Crippen molar-refractivity contribution in [2.75, 3.05) is 27.6 Å². The molecular weight excluding hydrogens is 234 g/mol. The van der Waals surface area contributed by atoms with E-state index in [9.17, 15) is 4.79 Å². The second-order valence-electron chi connectivity index (χ2n) is 3.59. The molecule has 1 atom stereocenters. The van der Waals surface area contributed by atoms with Crippen molar-refractivity contribution >= 4 is 5.91 Å². The predicted molar refractivity (Wildman–Crippen MR) is 70.0 cm³/mol. The summed E-state index contributed by atoms with van der Waals surface area (Å²) in [5, 5.41) is 2.49. The summed E-state index contributed by atoms with van der Waals surface area (Å²) in [4.78, 5) is 10.9. The molecule has 0 aliphatic heterocycles. The molecule has 1 N–H and O–H groups in total. The van der Waals surface area contributed by atoms with Gasteiger partial charge in [0.2, 0.25) is 5.91 Å². The van der Waals surface area contributed by atoms with E-state index in [4.69, 9.17) is 14.2 Å². The van der Waals surface area contributed by atoms with E-state index >= 15 is 0 Å². The molecule has 0 radical (unpaired) electrons. The van der Waals surface area contributed by atoms with Crippen LogP contribution < -0.4 is 5.32 Å². The van der Waals surface area contributed by atoms with Gasteiger partial charge in [0.1, 0.15) is 19.2 Å². The average Bonchev–Trinajstić information content (AvgIpc) is 2.39. The van der Waals surface area contributed by atoms with E-state index in [1.54, 1.807) is 20.2 Å². The van der Waals surface area contributed by atoms with Crippen molar-refractivity contribution in [2.24, 2.45) is 0 Å². The van der Waals surface area contributed by atoms with Gasteiger partial charge in [-0.1, -0.05) is 13.0 Å². The molecule has 0 rings (SSSR count). The molecule has 1 amide bonds. The normalized spacial score (nSPS) is 13.7. The van der Waals surface area contributed by atoms with Gasteiger partial charge in [-0.05, 0) is 19.4 Å². The standard InChI is InChI=1S/C13H23NO4/c1-5-6-12(16-4)9-17-10-18-11(2)7-8-13(15)14-3/h6-8,11H,5,9-10H2,1-4H3,(H,14,15)/b8-7+,12-6+. The van der Waals surface area contributed by atoms with Gasteiger partial charge >= 0.3 is 0 Å². The number of hydrogen-bond acceptors (Lipinski definition) is 4. The molecule has 0 saturated carbocycles. The maximum absolute atomic E-state index is 10.9. The quantitative estimate of drug-likeness (QED) is 0.295. The molecule has 18 heavy (non-hydrogen) atoms. The van der Waals surface area contributed by atoms with Crippen LogP contribution in [0, 0.1) is 0 Å². The molecule has 0 fully saturated rings. The molecular formula is C13H23NO4. The van der Waals surface area contributed by atoms with Crippen molar-refractivity contribution in [3.63, 3.8) is 0 Å². The Morgan fingerprint density at radius 2 is 2.17 bits per heavy atom. The van der Waals surface area contributed by atoms with E-state index in [1.807, 2.05) is 19.9 Å². The monoisotopic (exact) mass is 257 g/mol. The fourth-order valence-electron chi connectivity index (χ4n) is 1.09. The van der Waals surface area contributed by atoms with E-state index in [0.717, 1.165) is 12.2 Å². The maximum atomic E-state index is 10.9. The number of carbonyl (C=O) groups excluding carboxylic acids is 1. The second kappa shape index (κ2) is 10.8. The molecule has 104 valence electrons. The number of methoxy groups -OCH3 is 1. The highest BCUT2D eigenvalue weighted by molar-refractivity contribution is 5.87. The lowest BCUT2D eigenvalue weighted by Crippen LogP contribution is -2.16. The number of nitrogens with one attached hydrogen (secondary N) is 1. The molecule has 0 saturated heterocycles. The highest BCUT2D eigenvalue weighted by atomic mass is 16.7. The Morgan fingerprint density at radius 3 is 2.72 bits per heavy atom. The number of ether oxygens (including phenoxy) is 3. The number of rotatable bonds is 9. The predicted octanol–water partition coefficient (Wildman–Crippen LogP) is 1.61. The second-order valence-corrected chi connectivity index (χ2v) is 3.59. The molecule has 0 bridgehead atoms. The molecule has 5 heteroatoms. The molecule has 0 aromatic rings. The SMILES string of the molecule is CC/C=C(\COCOC(C)/C=C/C(=O)NC)OC. The minimum Gasteiger partial charge on any atom is -0.499 e. The van der Waals surface area contributed by atoms with Crippen LogP contribution in [0.5, 0.6) is 0 Å². The number of amides is 1. The van der Waals surface area contributed by atoms with Crippen LogP contribution in [-0.4, -0.2) is 39.6 Å². The zero-order chi connectivity index (χ0) is 13.8. The molecule has 0 aliphatic rings. The van der Waals surface area contributed by atoms with Crippen LogP contribution in [0.15, 0.2) is 24.0 Å². The van der Waals surface area contributed by atoms with Crippen molar-refractivity contribution < 1.29 is 19.0 Å². The van der Waals surface area contributed by atoms with Crippen molar-refractivity contribution in [1.82, 2.24) is 5.32 Å². The first-order valence-corrected chi connectivity index (χ1v) is 5.96. The van der Waals surface area contributed by atoms with E-state index in [1.165, 1.54) is 6.08 Å². The van der Waals surface area contributed by atoms with Crippen LogP contribution in [0.4, 0.5) is 0 Å². The molecule has 0 aliphatic carbocycles. The zero-order valence-corrected chi connectivity index (χ0v) is 11.6. The third-order valence-corrected chi connectivity index (χ3v) is 2.12. The molecule has 0 spiro atoms. The topological polar surface area (TPSA) is 56.8 Å². The van der Waals surface area contributed by atoms with Crippen molar-refractivity contribution in [1.29, 1.82) is 0 Å². The summed E-state index contributed by atoms with van der Waals surface area (Å²) in [5.41, 5.74) is 0. The molecule has 0 aromatic carbocycles. The fourth-order valence-corrected chi connectivity index (χ4v) is 1.09. The minimum absolute atomic E-state index is 0.154. The third kappa shape index (κ3) is 8.78. The van der Waals surface area contributed by atoms with E-state index in [-0.39, 0.29) is 18.8 Å². The first kappa shape index (κ1) is 16.7. The number of hydrogen-bond donors (Lipinski definition) is 1. The zero-order valence-electron chi connectivity index (χ0n) is 11.6. The van der Waals surface area contributed by atoms with Gasteiger partial charge in [-0.3, -0.25) is 4.79 Å². The first-order valence-electron chi connectivity index (χ1n) is 5.96. The highest BCUT2D eigenvalue weighted by Crippen LogP contribution is 2.00. The highest BCUT2D eigenvalue weighted by Gasteiger charge is 2.00.